The van der Waals surface area contributed by atoms with E-state index < -0.39 is 0 Å². The molecule has 0 aromatic carbocycles. The Bertz CT molecular complexity index is 204. The second kappa shape index (κ2) is 5.99. The van der Waals surface area contributed by atoms with Crippen LogP contribution in [-0.2, 0) is 9.47 Å². The predicted octanol–water partition coefficient (Wildman–Crippen LogP) is 2.10. The fourth-order valence-electron chi connectivity index (χ4n) is 2.72. The molecule has 2 aliphatic rings. The Balaban J connectivity index is 1.63. The van der Waals surface area contributed by atoms with E-state index >= 15 is 0 Å². The van der Waals surface area contributed by atoms with E-state index in [9.17, 15) is 0 Å². The molecule has 3 heteroatoms. The summed E-state index contributed by atoms with van der Waals surface area (Å²) in [5.74, 6) is 0. The molecule has 2 rings (SSSR count). The Kier molecular flexibility index (Phi) is 4.62. The van der Waals surface area contributed by atoms with E-state index in [-0.39, 0.29) is 0 Å². The highest BCUT2D eigenvalue weighted by Crippen LogP contribution is 2.26. The molecular weight excluding hydrogens is 202 g/mol. The SMILES string of the molecule is CCOC1CC(NC2CCOC(CC)C2)C1. The van der Waals surface area contributed by atoms with Gasteiger partial charge in [0, 0.05) is 25.3 Å². The quantitative estimate of drug-likeness (QED) is 0.780. The van der Waals surface area contributed by atoms with Crippen LogP contribution in [0.15, 0.2) is 0 Å². The topological polar surface area (TPSA) is 30.5 Å². The first-order valence-corrected chi connectivity index (χ1v) is 6.81. The van der Waals surface area contributed by atoms with E-state index in [1.54, 1.807) is 0 Å². The van der Waals surface area contributed by atoms with Crippen molar-refractivity contribution in [2.45, 2.75) is 70.2 Å². The van der Waals surface area contributed by atoms with Crippen LogP contribution in [0.2, 0.25) is 0 Å². The van der Waals surface area contributed by atoms with Crippen molar-refractivity contribution in [2.24, 2.45) is 0 Å². The van der Waals surface area contributed by atoms with Crippen molar-refractivity contribution in [3.8, 4) is 0 Å². The molecule has 0 amide bonds. The average Bonchev–Trinajstić information content (AvgIpc) is 2.27. The standard InChI is InChI=1S/C13H25NO2/c1-3-12-7-10(5-6-16-12)14-11-8-13(9-11)15-4-2/h10-14H,3-9H2,1-2H3. The minimum absolute atomic E-state index is 0.481. The molecule has 2 atom stereocenters. The molecule has 2 fully saturated rings. The lowest BCUT2D eigenvalue weighted by Crippen LogP contribution is -2.51. The van der Waals surface area contributed by atoms with Gasteiger partial charge in [-0.05, 0) is 39.0 Å². The number of ether oxygens (including phenoxy) is 2. The molecule has 3 nitrogen and oxygen atoms in total. The van der Waals surface area contributed by atoms with Gasteiger partial charge in [0.05, 0.1) is 12.2 Å². The van der Waals surface area contributed by atoms with Gasteiger partial charge in [0.2, 0.25) is 0 Å². The van der Waals surface area contributed by atoms with Gasteiger partial charge >= 0.3 is 0 Å². The van der Waals surface area contributed by atoms with Gasteiger partial charge < -0.3 is 14.8 Å². The second-order valence-corrected chi connectivity index (χ2v) is 5.03. The first kappa shape index (κ1) is 12.3. The second-order valence-electron chi connectivity index (χ2n) is 5.03. The van der Waals surface area contributed by atoms with Crippen molar-refractivity contribution in [3.63, 3.8) is 0 Å². The number of rotatable bonds is 5. The van der Waals surface area contributed by atoms with Crippen LogP contribution < -0.4 is 5.32 Å². The molecule has 1 saturated carbocycles. The zero-order valence-corrected chi connectivity index (χ0v) is 10.6. The van der Waals surface area contributed by atoms with Crippen molar-refractivity contribution in [3.05, 3.63) is 0 Å². The van der Waals surface area contributed by atoms with Gasteiger partial charge in [-0.3, -0.25) is 0 Å². The number of hydrogen-bond acceptors (Lipinski definition) is 3. The summed E-state index contributed by atoms with van der Waals surface area (Å²) in [7, 11) is 0. The van der Waals surface area contributed by atoms with Crippen LogP contribution in [0.25, 0.3) is 0 Å². The summed E-state index contributed by atoms with van der Waals surface area (Å²) in [6.07, 6.45) is 6.89. The van der Waals surface area contributed by atoms with E-state index in [4.69, 9.17) is 9.47 Å². The monoisotopic (exact) mass is 227 g/mol. The van der Waals surface area contributed by atoms with Crippen LogP contribution in [0.4, 0.5) is 0 Å². The van der Waals surface area contributed by atoms with Gasteiger partial charge in [-0.15, -0.1) is 0 Å². The van der Waals surface area contributed by atoms with E-state index in [0.29, 0.717) is 24.3 Å². The van der Waals surface area contributed by atoms with Crippen LogP contribution in [0.1, 0.15) is 46.0 Å². The molecule has 1 heterocycles. The first-order chi connectivity index (χ1) is 7.81. The lowest BCUT2D eigenvalue weighted by Gasteiger charge is -2.40. The van der Waals surface area contributed by atoms with E-state index in [2.05, 4.69) is 19.2 Å². The van der Waals surface area contributed by atoms with Crippen molar-refractivity contribution in [2.75, 3.05) is 13.2 Å². The lowest BCUT2D eigenvalue weighted by molar-refractivity contribution is -0.0299. The third-order valence-corrected chi connectivity index (χ3v) is 3.79. The molecule has 0 spiro atoms. The molecule has 0 aromatic heterocycles. The van der Waals surface area contributed by atoms with Gasteiger partial charge in [-0.25, -0.2) is 0 Å². The fourth-order valence-corrected chi connectivity index (χ4v) is 2.72. The third-order valence-electron chi connectivity index (χ3n) is 3.79. The van der Waals surface area contributed by atoms with Crippen molar-refractivity contribution in [1.29, 1.82) is 0 Å². The molecule has 0 radical (unpaired) electrons. The maximum atomic E-state index is 5.69. The van der Waals surface area contributed by atoms with Crippen molar-refractivity contribution in [1.82, 2.24) is 5.32 Å². The average molecular weight is 227 g/mol. The van der Waals surface area contributed by atoms with E-state index in [0.717, 1.165) is 19.6 Å². The summed E-state index contributed by atoms with van der Waals surface area (Å²) in [4.78, 5) is 0. The Morgan fingerprint density at radius 3 is 2.69 bits per heavy atom. The summed E-state index contributed by atoms with van der Waals surface area (Å²) >= 11 is 0. The summed E-state index contributed by atoms with van der Waals surface area (Å²) < 4.78 is 11.3. The predicted molar refractivity (Wildman–Crippen MR) is 64.6 cm³/mol. The first-order valence-electron chi connectivity index (χ1n) is 6.81. The highest BCUT2D eigenvalue weighted by Gasteiger charge is 2.32. The minimum atomic E-state index is 0.481. The Hall–Kier alpha value is -0.120. The Morgan fingerprint density at radius 1 is 1.19 bits per heavy atom. The van der Waals surface area contributed by atoms with Crippen LogP contribution in [-0.4, -0.2) is 37.5 Å². The van der Waals surface area contributed by atoms with Gasteiger partial charge in [0.1, 0.15) is 0 Å². The molecule has 2 unspecified atom stereocenters. The molecule has 1 saturated heterocycles. The summed E-state index contributed by atoms with van der Waals surface area (Å²) in [6.45, 7) is 6.07. The van der Waals surface area contributed by atoms with Crippen molar-refractivity contribution < 1.29 is 9.47 Å². The normalized spacial score (nSPS) is 39.4. The lowest BCUT2D eigenvalue weighted by atomic mass is 9.87. The smallest absolute Gasteiger partial charge is 0.0604 e. The molecule has 94 valence electrons. The summed E-state index contributed by atoms with van der Waals surface area (Å²) in [5.41, 5.74) is 0. The maximum Gasteiger partial charge on any atom is 0.0604 e. The fraction of sp³-hybridized carbons (Fsp3) is 1.00. The number of nitrogens with one attached hydrogen (secondary N) is 1. The van der Waals surface area contributed by atoms with Gasteiger partial charge in [0.15, 0.2) is 0 Å². The van der Waals surface area contributed by atoms with Crippen molar-refractivity contribution >= 4 is 0 Å². The molecule has 16 heavy (non-hydrogen) atoms. The van der Waals surface area contributed by atoms with Crippen LogP contribution in [0, 0.1) is 0 Å². The van der Waals surface area contributed by atoms with Crippen LogP contribution >= 0.6 is 0 Å². The van der Waals surface area contributed by atoms with Gasteiger partial charge in [-0.1, -0.05) is 6.92 Å². The summed E-state index contributed by atoms with van der Waals surface area (Å²) in [6, 6.07) is 1.36. The molecule has 0 aromatic rings. The maximum absolute atomic E-state index is 5.69. The minimum Gasteiger partial charge on any atom is -0.378 e. The zero-order chi connectivity index (χ0) is 11.4. The van der Waals surface area contributed by atoms with Gasteiger partial charge in [0.25, 0.3) is 0 Å². The zero-order valence-electron chi connectivity index (χ0n) is 10.6. The Morgan fingerprint density at radius 2 is 2.00 bits per heavy atom. The molecule has 0 bridgehead atoms. The van der Waals surface area contributed by atoms with E-state index in [1.165, 1.54) is 25.7 Å². The van der Waals surface area contributed by atoms with Gasteiger partial charge in [-0.2, -0.15) is 0 Å². The highest BCUT2D eigenvalue weighted by atomic mass is 16.5. The molecule has 1 aliphatic heterocycles. The molecular formula is C13H25NO2. The Labute approximate surface area is 98.9 Å². The van der Waals surface area contributed by atoms with Crippen LogP contribution in [0.5, 0.6) is 0 Å². The molecule has 1 aliphatic carbocycles. The number of hydrogen-bond donors (Lipinski definition) is 1. The highest BCUT2D eigenvalue weighted by molar-refractivity contribution is 4.89. The molecule has 1 N–H and O–H groups in total. The summed E-state index contributed by atoms with van der Waals surface area (Å²) in [5, 5.41) is 3.75. The largest absolute Gasteiger partial charge is 0.378 e. The van der Waals surface area contributed by atoms with Crippen LogP contribution in [0.3, 0.4) is 0 Å². The third kappa shape index (κ3) is 3.19. The van der Waals surface area contributed by atoms with E-state index in [1.807, 2.05) is 0 Å².